The number of allylic oxidation sites excluding steroid dienone is 1. The van der Waals surface area contributed by atoms with Gasteiger partial charge in [0.2, 0.25) is 0 Å². The fourth-order valence-corrected chi connectivity index (χ4v) is 3.68. The van der Waals surface area contributed by atoms with Crippen molar-refractivity contribution < 1.29 is 9.18 Å². The number of hydrogen-bond acceptors (Lipinski definition) is 2. The maximum atomic E-state index is 13.5. The maximum Gasteiger partial charge on any atom is 0.160 e. The molecule has 2 aliphatic rings. The normalized spacial score (nSPS) is 23.0. The van der Waals surface area contributed by atoms with E-state index in [9.17, 15) is 9.18 Å². The number of benzene rings is 1. The second kappa shape index (κ2) is 5.86. The molecule has 0 aromatic heterocycles. The lowest BCUT2D eigenvalue weighted by atomic mass is 9.83. The Bertz CT molecular complexity index is 612. The van der Waals surface area contributed by atoms with Crippen LogP contribution in [0.15, 0.2) is 24.3 Å². The largest absolute Gasteiger partial charge is 0.379 e. The summed E-state index contributed by atoms with van der Waals surface area (Å²) in [6.45, 7) is 4.17. The maximum absolute atomic E-state index is 13.5. The van der Waals surface area contributed by atoms with Crippen LogP contribution >= 0.6 is 0 Å². The molecule has 1 aliphatic heterocycles. The molecule has 118 valence electrons. The third-order valence-electron chi connectivity index (χ3n) is 4.76. The van der Waals surface area contributed by atoms with Gasteiger partial charge in [0.05, 0.1) is 0 Å². The highest BCUT2D eigenvalue weighted by Gasteiger charge is 2.29. The summed E-state index contributed by atoms with van der Waals surface area (Å²) in [7, 11) is 0. The van der Waals surface area contributed by atoms with Gasteiger partial charge in [-0.05, 0) is 56.9 Å². The standard InChI is InChI=1S/C19H24FNO/c1-19(2)12-14-10-15(20)8-9-16(14)17(21-19)11-18(22)13-6-4-3-5-7-13/h8-11,13,21H,3-7,12H2,1-2H3. The van der Waals surface area contributed by atoms with Crippen molar-refractivity contribution in [3.05, 3.63) is 41.2 Å². The number of carbonyl (C=O) groups is 1. The lowest BCUT2D eigenvalue weighted by Gasteiger charge is -2.35. The first-order valence-electron chi connectivity index (χ1n) is 8.27. The molecule has 0 amide bonds. The molecule has 0 bridgehead atoms. The number of fused-ring (bicyclic) bond motifs is 1. The van der Waals surface area contributed by atoms with E-state index < -0.39 is 0 Å². The van der Waals surface area contributed by atoms with Crippen molar-refractivity contribution in [3.8, 4) is 0 Å². The lowest BCUT2D eigenvalue weighted by molar-refractivity contribution is -0.119. The molecule has 1 N–H and O–H groups in total. The van der Waals surface area contributed by atoms with E-state index in [-0.39, 0.29) is 23.1 Å². The summed E-state index contributed by atoms with van der Waals surface area (Å²) in [4.78, 5) is 12.6. The quantitative estimate of drug-likeness (QED) is 0.828. The van der Waals surface area contributed by atoms with Crippen molar-refractivity contribution in [1.29, 1.82) is 0 Å². The van der Waals surface area contributed by atoms with Crippen LogP contribution < -0.4 is 5.32 Å². The van der Waals surface area contributed by atoms with Gasteiger partial charge in [0.25, 0.3) is 0 Å². The van der Waals surface area contributed by atoms with Gasteiger partial charge in [-0.15, -0.1) is 0 Å². The number of rotatable bonds is 2. The van der Waals surface area contributed by atoms with Crippen LogP contribution in [0.1, 0.15) is 57.1 Å². The van der Waals surface area contributed by atoms with Gasteiger partial charge < -0.3 is 5.32 Å². The molecule has 1 saturated carbocycles. The molecule has 0 spiro atoms. The van der Waals surface area contributed by atoms with Crippen LogP contribution in [0.4, 0.5) is 4.39 Å². The first kappa shape index (κ1) is 15.3. The highest BCUT2D eigenvalue weighted by Crippen LogP contribution is 2.31. The summed E-state index contributed by atoms with van der Waals surface area (Å²) in [6.07, 6.45) is 8.07. The summed E-state index contributed by atoms with van der Waals surface area (Å²) in [6, 6.07) is 4.85. The van der Waals surface area contributed by atoms with Crippen molar-refractivity contribution >= 4 is 11.5 Å². The van der Waals surface area contributed by atoms with Crippen molar-refractivity contribution in [2.75, 3.05) is 0 Å². The molecular weight excluding hydrogens is 277 g/mol. The molecule has 0 atom stereocenters. The number of hydrogen-bond donors (Lipinski definition) is 1. The van der Waals surface area contributed by atoms with E-state index >= 15 is 0 Å². The number of ketones is 1. The number of nitrogens with one attached hydrogen (secondary N) is 1. The third kappa shape index (κ3) is 3.23. The highest BCUT2D eigenvalue weighted by molar-refractivity contribution is 5.98. The van der Waals surface area contributed by atoms with Crippen LogP contribution in [-0.2, 0) is 11.2 Å². The molecule has 1 aromatic carbocycles. The van der Waals surface area contributed by atoms with Crippen LogP contribution in [0.2, 0.25) is 0 Å². The Morgan fingerprint density at radius 3 is 2.73 bits per heavy atom. The van der Waals surface area contributed by atoms with Crippen LogP contribution in [-0.4, -0.2) is 11.3 Å². The van der Waals surface area contributed by atoms with Gasteiger partial charge in [-0.2, -0.15) is 0 Å². The van der Waals surface area contributed by atoms with Gasteiger partial charge in [-0.1, -0.05) is 19.3 Å². The van der Waals surface area contributed by atoms with E-state index in [2.05, 4.69) is 19.2 Å². The molecule has 1 aromatic rings. The summed E-state index contributed by atoms with van der Waals surface area (Å²) >= 11 is 0. The SMILES string of the molecule is CC1(C)Cc2cc(F)ccc2C(=CC(=O)C2CCCCC2)N1. The average molecular weight is 301 g/mol. The van der Waals surface area contributed by atoms with E-state index in [1.165, 1.54) is 12.5 Å². The minimum atomic E-state index is -0.214. The summed E-state index contributed by atoms with van der Waals surface area (Å²) in [5.41, 5.74) is 2.62. The molecule has 22 heavy (non-hydrogen) atoms. The lowest BCUT2D eigenvalue weighted by Crippen LogP contribution is -2.44. The fourth-order valence-electron chi connectivity index (χ4n) is 3.68. The topological polar surface area (TPSA) is 29.1 Å². The zero-order chi connectivity index (χ0) is 15.7. The minimum Gasteiger partial charge on any atom is -0.379 e. The van der Waals surface area contributed by atoms with Crippen LogP contribution in [0.3, 0.4) is 0 Å². The summed E-state index contributed by atoms with van der Waals surface area (Å²) in [5, 5.41) is 3.46. The van der Waals surface area contributed by atoms with Crippen molar-refractivity contribution in [3.63, 3.8) is 0 Å². The Morgan fingerprint density at radius 1 is 1.27 bits per heavy atom. The van der Waals surface area contributed by atoms with Gasteiger partial charge in [0, 0.05) is 28.8 Å². The smallest absolute Gasteiger partial charge is 0.160 e. The zero-order valence-corrected chi connectivity index (χ0v) is 13.4. The first-order valence-corrected chi connectivity index (χ1v) is 8.27. The molecule has 1 aliphatic carbocycles. The Kier molecular flexibility index (Phi) is 4.07. The second-order valence-corrected chi connectivity index (χ2v) is 7.28. The van der Waals surface area contributed by atoms with Gasteiger partial charge >= 0.3 is 0 Å². The van der Waals surface area contributed by atoms with Crippen molar-refractivity contribution in [2.24, 2.45) is 5.92 Å². The highest BCUT2D eigenvalue weighted by atomic mass is 19.1. The van der Waals surface area contributed by atoms with Crippen LogP contribution in [0, 0.1) is 11.7 Å². The predicted molar refractivity (Wildman–Crippen MR) is 86.9 cm³/mol. The number of carbonyl (C=O) groups excluding carboxylic acids is 1. The van der Waals surface area contributed by atoms with Gasteiger partial charge in [-0.3, -0.25) is 4.79 Å². The molecule has 3 rings (SSSR count). The minimum absolute atomic E-state index is 0.164. The predicted octanol–water partition coefficient (Wildman–Crippen LogP) is 4.24. The molecule has 3 heteroatoms. The Balaban J connectivity index is 1.92. The fraction of sp³-hybridized carbons (Fsp3) is 0.526. The van der Waals surface area contributed by atoms with E-state index in [1.54, 1.807) is 18.2 Å². The monoisotopic (exact) mass is 301 g/mol. The van der Waals surface area contributed by atoms with Gasteiger partial charge in [0.1, 0.15) is 5.82 Å². The molecular formula is C19H24FNO. The van der Waals surface area contributed by atoms with Gasteiger partial charge in [-0.25, -0.2) is 4.39 Å². The van der Waals surface area contributed by atoms with E-state index in [0.29, 0.717) is 0 Å². The van der Waals surface area contributed by atoms with Crippen molar-refractivity contribution in [1.82, 2.24) is 5.32 Å². The van der Waals surface area contributed by atoms with Gasteiger partial charge in [0.15, 0.2) is 5.78 Å². The first-order chi connectivity index (χ1) is 10.4. The second-order valence-electron chi connectivity index (χ2n) is 7.28. The van der Waals surface area contributed by atoms with E-state index in [4.69, 9.17) is 0 Å². The zero-order valence-electron chi connectivity index (χ0n) is 13.4. The molecule has 0 unspecified atom stereocenters. The Labute approximate surface area is 131 Å². The molecule has 2 nitrogen and oxygen atoms in total. The molecule has 0 radical (unpaired) electrons. The van der Waals surface area contributed by atoms with E-state index in [0.717, 1.165) is 48.9 Å². The van der Waals surface area contributed by atoms with E-state index in [1.807, 2.05) is 0 Å². The van der Waals surface area contributed by atoms with Crippen molar-refractivity contribution in [2.45, 2.75) is 57.9 Å². The van der Waals surface area contributed by atoms with Crippen LogP contribution in [0.5, 0.6) is 0 Å². The third-order valence-corrected chi connectivity index (χ3v) is 4.76. The average Bonchev–Trinajstić information content (AvgIpc) is 2.46. The van der Waals surface area contributed by atoms with Crippen LogP contribution in [0.25, 0.3) is 5.70 Å². The molecule has 1 heterocycles. The Hall–Kier alpha value is -1.64. The summed E-state index contributed by atoms with van der Waals surface area (Å²) < 4.78 is 13.5. The molecule has 1 fully saturated rings. The number of halogens is 1. The Morgan fingerprint density at radius 2 is 2.00 bits per heavy atom. The summed E-state index contributed by atoms with van der Waals surface area (Å²) in [5.74, 6) is 0.168. The molecule has 0 saturated heterocycles.